The molecule has 0 aliphatic carbocycles. The van der Waals surface area contributed by atoms with Gasteiger partial charge in [0.25, 0.3) is 0 Å². The molecule has 1 heterocycles. The molecule has 0 atom stereocenters. The van der Waals surface area contributed by atoms with E-state index in [0.29, 0.717) is 13.1 Å². The van der Waals surface area contributed by atoms with E-state index in [9.17, 15) is 8.42 Å². The van der Waals surface area contributed by atoms with Gasteiger partial charge in [0.1, 0.15) is 5.82 Å². The number of aromatic amines is 1. The highest BCUT2D eigenvalue weighted by Gasteiger charge is 2.11. The molecular formula is C13H18N4O2S. The molecule has 2 aromatic rings. The van der Waals surface area contributed by atoms with Gasteiger partial charge in [0, 0.05) is 12.2 Å². The second-order valence-corrected chi connectivity index (χ2v) is 6.14. The van der Waals surface area contributed by atoms with Gasteiger partial charge >= 0.3 is 0 Å². The van der Waals surface area contributed by atoms with Gasteiger partial charge in [0.05, 0.1) is 23.3 Å². The Hall–Kier alpha value is -1.86. The Morgan fingerprint density at radius 1 is 1.25 bits per heavy atom. The molecule has 3 N–H and O–H groups in total. The van der Waals surface area contributed by atoms with Crippen LogP contribution in [0.5, 0.6) is 0 Å². The maximum absolute atomic E-state index is 11.8. The summed E-state index contributed by atoms with van der Waals surface area (Å²) in [6.07, 6.45) is 1.77. The molecule has 0 aliphatic rings. The van der Waals surface area contributed by atoms with Crippen LogP contribution in [-0.2, 0) is 16.6 Å². The van der Waals surface area contributed by atoms with Crippen molar-refractivity contribution < 1.29 is 8.42 Å². The van der Waals surface area contributed by atoms with Crippen LogP contribution in [0.25, 0.3) is 0 Å². The van der Waals surface area contributed by atoms with Crippen LogP contribution in [0.2, 0.25) is 0 Å². The summed E-state index contributed by atoms with van der Waals surface area (Å²) in [6, 6.07) is 6.65. The SMILES string of the molecule is CCNS(=O)(=O)c1ccc(NCc2cnc(C)[nH]2)cc1. The molecule has 7 heteroatoms. The highest BCUT2D eigenvalue weighted by Crippen LogP contribution is 2.14. The third-order valence-electron chi connectivity index (χ3n) is 2.74. The van der Waals surface area contributed by atoms with Gasteiger partial charge in [0.15, 0.2) is 0 Å². The Labute approximate surface area is 118 Å². The molecule has 0 aliphatic heterocycles. The van der Waals surface area contributed by atoms with Crippen LogP contribution in [0.1, 0.15) is 18.4 Å². The molecule has 1 aromatic heterocycles. The number of hydrogen-bond acceptors (Lipinski definition) is 4. The number of imidazole rings is 1. The molecule has 108 valence electrons. The van der Waals surface area contributed by atoms with Crippen LogP contribution in [0.15, 0.2) is 35.4 Å². The van der Waals surface area contributed by atoms with E-state index in [1.165, 1.54) is 0 Å². The van der Waals surface area contributed by atoms with Crippen molar-refractivity contribution in [2.45, 2.75) is 25.3 Å². The summed E-state index contributed by atoms with van der Waals surface area (Å²) in [5.74, 6) is 0.869. The molecule has 0 saturated carbocycles. The Balaban J connectivity index is 2.01. The monoisotopic (exact) mass is 294 g/mol. The van der Waals surface area contributed by atoms with E-state index in [1.807, 2.05) is 6.92 Å². The number of aryl methyl sites for hydroxylation is 1. The summed E-state index contributed by atoms with van der Waals surface area (Å²) in [6.45, 7) is 4.63. The molecule has 0 fully saturated rings. The molecule has 1 aromatic carbocycles. The number of hydrogen-bond donors (Lipinski definition) is 3. The van der Waals surface area contributed by atoms with Crippen molar-refractivity contribution in [1.82, 2.24) is 14.7 Å². The van der Waals surface area contributed by atoms with Crippen molar-refractivity contribution in [2.75, 3.05) is 11.9 Å². The lowest BCUT2D eigenvalue weighted by Crippen LogP contribution is -2.23. The first kappa shape index (κ1) is 14.5. The van der Waals surface area contributed by atoms with E-state index in [-0.39, 0.29) is 4.90 Å². The lowest BCUT2D eigenvalue weighted by molar-refractivity contribution is 0.584. The second kappa shape index (κ2) is 6.06. The molecule has 2 rings (SSSR count). The Morgan fingerprint density at radius 2 is 1.95 bits per heavy atom. The summed E-state index contributed by atoms with van der Waals surface area (Å²) in [7, 11) is -3.38. The number of anilines is 1. The Bertz CT molecular complexity index is 662. The standard InChI is InChI=1S/C13H18N4O2S/c1-3-16-20(18,19)13-6-4-11(5-7-13)15-9-12-8-14-10(2)17-12/h4-8,15-16H,3,9H2,1-2H3,(H,14,17). The zero-order chi connectivity index (χ0) is 14.6. The van der Waals surface area contributed by atoms with Crippen molar-refractivity contribution in [3.63, 3.8) is 0 Å². The summed E-state index contributed by atoms with van der Waals surface area (Å²) < 4.78 is 26.0. The summed E-state index contributed by atoms with van der Waals surface area (Å²) in [5, 5.41) is 3.20. The number of benzene rings is 1. The minimum Gasteiger partial charge on any atom is -0.379 e. The van der Waals surface area contributed by atoms with Crippen molar-refractivity contribution >= 4 is 15.7 Å². The predicted octanol–water partition coefficient (Wildman–Crippen LogP) is 1.63. The van der Waals surface area contributed by atoms with Gasteiger partial charge in [-0.2, -0.15) is 0 Å². The van der Waals surface area contributed by atoms with Gasteiger partial charge in [0.2, 0.25) is 10.0 Å². The summed E-state index contributed by atoms with van der Waals surface area (Å²) in [4.78, 5) is 7.50. The van der Waals surface area contributed by atoms with Gasteiger partial charge in [-0.15, -0.1) is 0 Å². The maximum Gasteiger partial charge on any atom is 0.240 e. The molecule has 0 amide bonds. The van der Waals surface area contributed by atoms with Gasteiger partial charge in [-0.1, -0.05) is 6.92 Å². The molecule has 0 saturated heterocycles. The van der Waals surface area contributed by atoms with E-state index in [4.69, 9.17) is 0 Å². The van der Waals surface area contributed by atoms with Gasteiger partial charge < -0.3 is 10.3 Å². The largest absolute Gasteiger partial charge is 0.379 e. The van der Waals surface area contributed by atoms with E-state index in [1.54, 1.807) is 37.4 Å². The minimum absolute atomic E-state index is 0.266. The minimum atomic E-state index is -3.38. The highest BCUT2D eigenvalue weighted by atomic mass is 32.2. The van der Waals surface area contributed by atoms with E-state index in [2.05, 4.69) is 20.0 Å². The van der Waals surface area contributed by atoms with Crippen molar-refractivity contribution in [3.05, 3.63) is 42.0 Å². The second-order valence-electron chi connectivity index (χ2n) is 4.37. The van der Waals surface area contributed by atoms with Crippen LogP contribution in [0, 0.1) is 6.92 Å². The first-order valence-electron chi connectivity index (χ1n) is 6.35. The molecule has 0 spiro atoms. The normalized spacial score (nSPS) is 11.5. The van der Waals surface area contributed by atoms with E-state index >= 15 is 0 Å². The molecule has 20 heavy (non-hydrogen) atoms. The van der Waals surface area contributed by atoms with Crippen LogP contribution in [0.3, 0.4) is 0 Å². The van der Waals surface area contributed by atoms with Gasteiger partial charge in [-0.25, -0.2) is 18.1 Å². The summed E-state index contributed by atoms with van der Waals surface area (Å²) in [5.41, 5.74) is 1.83. The number of rotatable bonds is 6. The lowest BCUT2D eigenvalue weighted by atomic mass is 10.3. The van der Waals surface area contributed by atoms with Gasteiger partial charge in [-0.05, 0) is 31.2 Å². The van der Waals surface area contributed by atoms with Crippen LogP contribution in [0.4, 0.5) is 5.69 Å². The number of sulfonamides is 1. The van der Waals surface area contributed by atoms with Gasteiger partial charge in [-0.3, -0.25) is 0 Å². The summed E-state index contributed by atoms with van der Waals surface area (Å²) >= 11 is 0. The zero-order valence-electron chi connectivity index (χ0n) is 11.5. The van der Waals surface area contributed by atoms with Crippen molar-refractivity contribution in [2.24, 2.45) is 0 Å². The third-order valence-corrected chi connectivity index (χ3v) is 4.30. The van der Waals surface area contributed by atoms with Crippen LogP contribution >= 0.6 is 0 Å². The highest BCUT2D eigenvalue weighted by molar-refractivity contribution is 7.89. The number of nitrogens with zero attached hydrogens (tertiary/aromatic N) is 1. The van der Waals surface area contributed by atoms with E-state index < -0.39 is 10.0 Å². The number of aromatic nitrogens is 2. The molecule has 0 unspecified atom stereocenters. The average Bonchev–Trinajstić information content (AvgIpc) is 2.83. The predicted molar refractivity (Wildman–Crippen MR) is 78.0 cm³/mol. The molecule has 0 radical (unpaired) electrons. The van der Waals surface area contributed by atoms with Crippen LogP contribution < -0.4 is 10.0 Å². The number of nitrogens with one attached hydrogen (secondary N) is 3. The molecule has 6 nitrogen and oxygen atoms in total. The Kier molecular flexibility index (Phi) is 4.41. The fourth-order valence-corrected chi connectivity index (χ4v) is 2.83. The molecular weight excluding hydrogens is 276 g/mol. The van der Waals surface area contributed by atoms with E-state index in [0.717, 1.165) is 17.2 Å². The first-order valence-corrected chi connectivity index (χ1v) is 7.83. The number of H-pyrrole nitrogens is 1. The fourth-order valence-electron chi connectivity index (χ4n) is 1.78. The zero-order valence-corrected chi connectivity index (χ0v) is 12.3. The van der Waals surface area contributed by atoms with Crippen molar-refractivity contribution in [3.8, 4) is 0 Å². The lowest BCUT2D eigenvalue weighted by Gasteiger charge is -2.07. The third kappa shape index (κ3) is 3.58. The maximum atomic E-state index is 11.8. The topological polar surface area (TPSA) is 86.9 Å². The smallest absolute Gasteiger partial charge is 0.240 e. The van der Waals surface area contributed by atoms with Crippen molar-refractivity contribution in [1.29, 1.82) is 0 Å². The Morgan fingerprint density at radius 3 is 2.50 bits per heavy atom. The average molecular weight is 294 g/mol. The first-order chi connectivity index (χ1) is 9.51. The fraction of sp³-hybridized carbons (Fsp3) is 0.308. The quantitative estimate of drug-likeness (QED) is 0.755. The van der Waals surface area contributed by atoms with Crippen LogP contribution in [-0.4, -0.2) is 24.9 Å². The molecule has 0 bridgehead atoms.